The molecule has 2 aromatic carbocycles. The van der Waals surface area contributed by atoms with Gasteiger partial charge in [-0.2, -0.15) is 0 Å². The van der Waals surface area contributed by atoms with Crippen molar-refractivity contribution in [2.24, 2.45) is 11.8 Å². The summed E-state index contributed by atoms with van der Waals surface area (Å²) in [7, 11) is 2.59. The summed E-state index contributed by atoms with van der Waals surface area (Å²) in [5.74, 6) is 0.908. The zero-order valence-corrected chi connectivity index (χ0v) is 36.4. The number of methoxy groups -OCH3 is 2. The van der Waals surface area contributed by atoms with Crippen molar-refractivity contribution in [1.29, 1.82) is 0 Å². The normalized spacial score (nSPS) is 17.8. The fourth-order valence-electron chi connectivity index (χ4n) is 9.17. The van der Waals surface area contributed by atoms with Crippen molar-refractivity contribution >= 4 is 68.3 Å². The minimum Gasteiger partial charge on any atom is -0.456 e. The SMILES string of the molecule is COC(=O)N[C@H](C(=O)N1CCC[C@H]1c1ncc(-c2ccc(-c3ccc(-c4ccc5nc([C@@H]6CCCN6C(=O)[C@@H](NC(=O)OC)C(C)C)[nH]c5c4)c4c5ccc(o5)c34)s2)[nH]1)C(C)C. The average molecular weight is 859 g/mol. The molecule has 62 heavy (non-hydrogen) atoms. The highest BCUT2D eigenvalue weighted by molar-refractivity contribution is 7.18. The first kappa shape index (κ1) is 41.0. The van der Waals surface area contributed by atoms with E-state index in [1.165, 1.54) is 14.2 Å². The number of imidazole rings is 2. The van der Waals surface area contributed by atoms with Crippen LogP contribution in [0.3, 0.4) is 0 Å². The maximum absolute atomic E-state index is 13.8. The summed E-state index contributed by atoms with van der Waals surface area (Å²) in [5, 5.41) is 7.52. The molecule has 7 aromatic rings. The van der Waals surface area contributed by atoms with Crippen LogP contribution in [-0.4, -0.2) is 93.1 Å². The minimum atomic E-state index is -0.709. The van der Waals surface area contributed by atoms with Crippen molar-refractivity contribution in [1.82, 2.24) is 40.4 Å². The Bertz CT molecular complexity index is 2800. The molecule has 0 aliphatic carbocycles. The van der Waals surface area contributed by atoms with Gasteiger partial charge in [-0.1, -0.05) is 45.9 Å². The lowest BCUT2D eigenvalue weighted by Gasteiger charge is -2.30. The van der Waals surface area contributed by atoms with Gasteiger partial charge in [0, 0.05) is 34.3 Å². The summed E-state index contributed by atoms with van der Waals surface area (Å²) in [6.07, 6.45) is 3.77. The van der Waals surface area contributed by atoms with Crippen LogP contribution in [0.5, 0.6) is 0 Å². The Hall–Kier alpha value is -6.42. The summed E-state index contributed by atoms with van der Waals surface area (Å²) < 4.78 is 15.9. The second-order valence-electron chi connectivity index (χ2n) is 16.9. The summed E-state index contributed by atoms with van der Waals surface area (Å²) in [5.41, 5.74) is 7.27. The molecule has 2 bridgehead atoms. The first-order valence-corrected chi connectivity index (χ1v) is 22.0. The number of carbonyl (C=O) groups is 4. The van der Waals surface area contributed by atoms with Gasteiger partial charge in [-0.05, 0) is 85.0 Å². The monoisotopic (exact) mass is 858 g/mol. The van der Waals surface area contributed by atoms with E-state index >= 15 is 0 Å². The van der Waals surface area contributed by atoms with E-state index in [1.807, 2.05) is 61.9 Å². The van der Waals surface area contributed by atoms with Crippen LogP contribution in [0, 0.1) is 11.8 Å². The van der Waals surface area contributed by atoms with Crippen molar-refractivity contribution in [3.63, 3.8) is 0 Å². The molecule has 15 nitrogen and oxygen atoms in total. The molecule has 0 unspecified atom stereocenters. The predicted molar refractivity (Wildman–Crippen MR) is 237 cm³/mol. The van der Waals surface area contributed by atoms with Gasteiger partial charge in [0.1, 0.15) is 34.9 Å². The van der Waals surface area contributed by atoms with Crippen molar-refractivity contribution in [2.75, 3.05) is 27.3 Å². The number of carbonyl (C=O) groups excluding carboxylic acids is 4. The molecule has 2 aliphatic rings. The number of nitrogens with zero attached hydrogens (tertiary/aromatic N) is 4. The molecule has 2 aliphatic heterocycles. The summed E-state index contributed by atoms with van der Waals surface area (Å²) in [6.45, 7) is 8.78. The van der Waals surface area contributed by atoms with Crippen LogP contribution in [0.2, 0.25) is 0 Å². The molecule has 5 aromatic heterocycles. The Balaban J connectivity index is 0.973. The Labute approximate surface area is 361 Å². The molecule has 4 amide bonds. The van der Waals surface area contributed by atoms with E-state index in [0.29, 0.717) is 13.1 Å². The van der Waals surface area contributed by atoms with E-state index in [1.54, 1.807) is 11.3 Å². The van der Waals surface area contributed by atoms with Crippen molar-refractivity contribution in [3.8, 4) is 32.1 Å². The molecule has 0 radical (unpaired) electrons. The molecular weight excluding hydrogens is 809 g/mol. The first-order chi connectivity index (χ1) is 29.9. The average Bonchev–Trinajstić information content (AvgIpc) is 4.12. The van der Waals surface area contributed by atoms with Crippen molar-refractivity contribution < 1.29 is 33.1 Å². The van der Waals surface area contributed by atoms with E-state index in [4.69, 9.17) is 23.9 Å². The summed E-state index contributed by atoms with van der Waals surface area (Å²) >= 11 is 1.66. The number of ether oxygens (including phenoxy) is 2. The first-order valence-electron chi connectivity index (χ1n) is 21.2. The highest BCUT2D eigenvalue weighted by Crippen LogP contribution is 2.46. The zero-order valence-electron chi connectivity index (χ0n) is 35.5. The Morgan fingerprint density at radius 1 is 0.742 bits per heavy atom. The molecule has 0 saturated carbocycles. The smallest absolute Gasteiger partial charge is 0.407 e. The zero-order chi connectivity index (χ0) is 43.4. The van der Waals surface area contributed by atoms with Gasteiger partial charge in [0.15, 0.2) is 0 Å². The number of fused-ring (bicyclic) bond motifs is 6. The second kappa shape index (κ2) is 16.5. The van der Waals surface area contributed by atoms with E-state index in [2.05, 4.69) is 57.0 Å². The molecule has 7 heterocycles. The highest BCUT2D eigenvalue weighted by Gasteiger charge is 2.39. The lowest BCUT2D eigenvalue weighted by molar-refractivity contribution is -0.136. The van der Waals surface area contributed by atoms with Gasteiger partial charge in [0.05, 0.1) is 54.1 Å². The number of rotatable bonds is 11. The number of amides is 4. The van der Waals surface area contributed by atoms with Crippen LogP contribution >= 0.6 is 11.3 Å². The van der Waals surface area contributed by atoms with Crippen LogP contribution in [0.1, 0.15) is 77.1 Å². The summed E-state index contributed by atoms with van der Waals surface area (Å²) in [6, 6.07) is 16.9. The molecule has 4 atom stereocenters. The number of aromatic nitrogens is 4. The third-order valence-electron chi connectivity index (χ3n) is 12.3. The number of thiophene rings is 1. The van der Waals surface area contributed by atoms with Gasteiger partial charge in [0.2, 0.25) is 11.8 Å². The molecule has 0 spiro atoms. The largest absolute Gasteiger partial charge is 0.456 e. The van der Waals surface area contributed by atoms with E-state index in [0.717, 1.165) is 102 Å². The number of hydrogen-bond donors (Lipinski definition) is 4. The third-order valence-corrected chi connectivity index (χ3v) is 13.5. The molecule has 2 saturated heterocycles. The lowest BCUT2D eigenvalue weighted by Crippen LogP contribution is -2.51. The Kier molecular flexibility index (Phi) is 10.9. The fraction of sp³-hybridized carbons (Fsp3) is 0.391. The van der Waals surface area contributed by atoms with E-state index in [-0.39, 0.29) is 35.7 Å². The standard InChI is InChI=1S/C46H50N8O7S/c1-23(2)39(51-45(57)59-5)43(55)53-19-7-9-31(53)41-47-22-30(50-41)36-18-17-35(62-36)27-13-12-26(37-33-15-16-34(61-33)38(27)37)25-11-14-28-29(21-25)49-42(48-28)32-10-8-20-54(32)44(56)40(24(3)4)52-46(58)60-6/h11-18,21-24,31-32,39-40H,7-10,19-20H2,1-6H3,(H,47,50)(H,48,49)(H,51,57)(H,52,58)/t31-,32-,39-,40-/m0/s1. The number of alkyl carbamates (subject to hydrolysis) is 2. The van der Waals surface area contributed by atoms with Crippen LogP contribution in [0.25, 0.3) is 65.1 Å². The number of H-pyrrole nitrogens is 2. The van der Waals surface area contributed by atoms with E-state index < -0.39 is 24.3 Å². The van der Waals surface area contributed by atoms with Gasteiger partial charge in [-0.25, -0.2) is 19.6 Å². The Morgan fingerprint density at radius 3 is 1.94 bits per heavy atom. The van der Waals surface area contributed by atoms with Gasteiger partial charge in [-0.15, -0.1) is 11.3 Å². The minimum absolute atomic E-state index is 0.118. The number of nitrogens with one attached hydrogen (secondary N) is 4. The van der Waals surface area contributed by atoms with Gasteiger partial charge in [0.25, 0.3) is 0 Å². The number of aromatic amines is 2. The maximum atomic E-state index is 13.8. The fourth-order valence-corrected chi connectivity index (χ4v) is 10.2. The van der Waals surface area contributed by atoms with Crippen molar-refractivity contribution in [2.45, 2.75) is 77.5 Å². The topological polar surface area (TPSA) is 188 Å². The highest BCUT2D eigenvalue weighted by atomic mass is 32.1. The van der Waals surface area contributed by atoms with Gasteiger partial charge < -0.3 is 44.3 Å². The van der Waals surface area contributed by atoms with E-state index in [9.17, 15) is 19.2 Å². The van der Waals surface area contributed by atoms with Crippen LogP contribution in [0.15, 0.2) is 65.2 Å². The van der Waals surface area contributed by atoms with Crippen LogP contribution in [-0.2, 0) is 19.1 Å². The third kappa shape index (κ3) is 7.29. The number of likely N-dealkylation sites (tertiary alicyclic amines) is 2. The number of benzene rings is 3. The molecule has 9 rings (SSSR count). The lowest BCUT2D eigenvalue weighted by atomic mass is 9.94. The predicted octanol–water partition coefficient (Wildman–Crippen LogP) is 8.77. The molecular formula is C46H50N8O7S. The second-order valence-corrected chi connectivity index (χ2v) is 18.0. The number of hydrogen-bond acceptors (Lipinski definition) is 10. The molecule has 2 fully saturated rings. The van der Waals surface area contributed by atoms with Crippen LogP contribution < -0.4 is 10.6 Å². The number of furan rings is 2. The van der Waals surface area contributed by atoms with Gasteiger partial charge >= 0.3 is 12.2 Å². The quantitative estimate of drug-likeness (QED) is 0.0986. The van der Waals surface area contributed by atoms with Crippen LogP contribution in [0.4, 0.5) is 9.59 Å². The molecule has 322 valence electrons. The molecule has 16 heteroatoms. The Morgan fingerprint density at radius 2 is 1.32 bits per heavy atom. The van der Waals surface area contributed by atoms with Crippen molar-refractivity contribution in [3.05, 3.63) is 72.4 Å². The molecule has 4 N–H and O–H groups in total. The summed E-state index contributed by atoms with van der Waals surface area (Å²) in [4.78, 5) is 74.1. The van der Waals surface area contributed by atoms with Gasteiger partial charge in [-0.3, -0.25) is 9.59 Å². The maximum Gasteiger partial charge on any atom is 0.407 e.